The van der Waals surface area contributed by atoms with Gasteiger partial charge in [0, 0.05) is 25.2 Å². The Morgan fingerprint density at radius 1 is 1.46 bits per heavy atom. The number of hydrogen-bond donors (Lipinski definition) is 1. The topological polar surface area (TPSA) is 43.8 Å². The fourth-order valence-electron chi connectivity index (χ4n) is 1.24. The largest absolute Gasteiger partial charge is 0.330 e. The Morgan fingerprint density at radius 3 is 2.69 bits per heavy atom. The summed E-state index contributed by atoms with van der Waals surface area (Å²) in [6.45, 7) is 8.12. The van der Waals surface area contributed by atoms with Crippen LogP contribution in [0.3, 0.4) is 0 Å². The summed E-state index contributed by atoms with van der Waals surface area (Å²) in [6.07, 6.45) is 2.03. The lowest BCUT2D eigenvalue weighted by atomic mass is 10.1. The minimum absolute atomic E-state index is 0.369. The van der Waals surface area contributed by atoms with E-state index >= 15 is 0 Å². The van der Waals surface area contributed by atoms with Crippen molar-refractivity contribution in [2.75, 3.05) is 6.54 Å². The highest BCUT2D eigenvalue weighted by atomic mass is 15.3. The molecule has 0 bridgehead atoms. The molecule has 1 rings (SSSR count). The lowest BCUT2D eigenvalue weighted by molar-refractivity contribution is 0.477. The Kier molecular flexibility index (Phi) is 3.48. The second-order valence-corrected chi connectivity index (χ2v) is 3.99. The zero-order valence-corrected chi connectivity index (χ0v) is 8.70. The van der Waals surface area contributed by atoms with Crippen LogP contribution in [0.2, 0.25) is 0 Å². The van der Waals surface area contributed by atoms with Gasteiger partial charge in [0.1, 0.15) is 0 Å². The highest BCUT2D eigenvalue weighted by molar-refractivity contribution is 5.05. The van der Waals surface area contributed by atoms with Crippen molar-refractivity contribution in [1.29, 1.82) is 0 Å². The van der Waals surface area contributed by atoms with Gasteiger partial charge >= 0.3 is 0 Å². The Bertz CT molecular complexity index is 252. The summed E-state index contributed by atoms with van der Waals surface area (Å²) in [4.78, 5) is 0. The third kappa shape index (κ3) is 2.84. The van der Waals surface area contributed by atoms with Crippen LogP contribution >= 0.6 is 0 Å². The van der Waals surface area contributed by atoms with Gasteiger partial charge in [-0.3, -0.25) is 4.68 Å². The number of hydrogen-bond acceptors (Lipinski definition) is 2. The first-order chi connectivity index (χ1) is 6.13. The van der Waals surface area contributed by atoms with Crippen molar-refractivity contribution in [3.63, 3.8) is 0 Å². The lowest BCUT2D eigenvalue weighted by Gasteiger charge is -2.05. The zero-order valence-electron chi connectivity index (χ0n) is 8.70. The van der Waals surface area contributed by atoms with E-state index in [-0.39, 0.29) is 0 Å². The van der Waals surface area contributed by atoms with Crippen molar-refractivity contribution in [3.8, 4) is 0 Å². The quantitative estimate of drug-likeness (QED) is 0.766. The first-order valence-corrected chi connectivity index (χ1v) is 4.87. The highest BCUT2D eigenvalue weighted by Gasteiger charge is 2.06. The van der Waals surface area contributed by atoms with Gasteiger partial charge < -0.3 is 5.73 Å². The van der Waals surface area contributed by atoms with Gasteiger partial charge in [0.2, 0.25) is 0 Å². The third-order valence-electron chi connectivity index (χ3n) is 2.07. The van der Waals surface area contributed by atoms with Crippen LogP contribution in [-0.4, -0.2) is 16.3 Å². The van der Waals surface area contributed by atoms with Gasteiger partial charge in [-0.2, -0.15) is 5.10 Å². The van der Waals surface area contributed by atoms with Crippen LogP contribution in [0.1, 0.15) is 32.4 Å². The van der Waals surface area contributed by atoms with E-state index in [1.165, 1.54) is 0 Å². The Labute approximate surface area is 79.9 Å². The summed E-state index contributed by atoms with van der Waals surface area (Å²) in [5.41, 5.74) is 6.67. The molecule has 2 N–H and O–H groups in total. The number of nitrogens with two attached hydrogens (primary N) is 1. The van der Waals surface area contributed by atoms with E-state index in [0.29, 0.717) is 18.4 Å². The van der Waals surface area contributed by atoms with Crippen molar-refractivity contribution >= 4 is 0 Å². The van der Waals surface area contributed by atoms with Gasteiger partial charge in [0.15, 0.2) is 0 Å². The van der Waals surface area contributed by atoms with E-state index in [1.807, 2.05) is 10.9 Å². The molecule has 0 saturated heterocycles. The zero-order chi connectivity index (χ0) is 9.84. The van der Waals surface area contributed by atoms with Gasteiger partial charge in [0.25, 0.3) is 0 Å². The predicted molar refractivity (Wildman–Crippen MR) is 54.5 cm³/mol. The van der Waals surface area contributed by atoms with Crippen molar-refractivity contribution in [2.45, 2.75) is 33.2 Å². The van der Waals surface area contributed by atoms with E-state index in [9.17, 15) is 0 Å². The molecule has 0 aromatic carbocycles. The van der Waals surface area contributed by atoms with Crippen LogP contribution < -0.4 is 5.73 Å². The van der Waals surface area contributed by atoms with Crippen LogP contribution in [0.15, 0.2) is 12.3 Å². The lowest BCUT2D eigenvalue weighted by Crippen LogP contribution is -2.11. The van der Waals surface area contributed by atoms with Crippen LogP contribution in [0.25, 0.3) is 0 Å². The maximum atomic E-state index is 5.57. The van der Waals surface area contributed by atoms with Gasteiger partial charge in [-0.05, 0) is 12.0 Å². The first-order valence-electron chi connectivity index (χ1n) is 4.87. The maximum Gasteiger partial charge on any atom is 0.0665 e. The standard InChI is InChI=1S/C10H19N3/c1-8(2)7-13-5-4-10(12-13)9(3)6-11/h4-5,8-9H,6-7,11H2,1-3H3. The van der Waals surface area contributed by atoms with E-state index in [2.05, 4.69) is 31.9 Å². The molecule has 0 amide bonds. The molecule has 0 aliphatic carbocycles. The second-order valence-electron chi connectivity index (χ2n) is 3.99. The molecule has 1 unspecified atom stereocenters. The van der Waals surface area contributed by atoms with Crippen molar-refractivity contribution in [1.82, 2.24) is 9.78 Å². The van der Waals surface area contributed by atoms with E-state index in [4.69, 9.17) is 5.73 Å². The molecule has 1 aromatic rings. The summed E-state index contributed by atoms with van der Waals surface area (Å²) >= 11 is 0. The molecular formula is C10H19N3. The fraction of sp³-hybridized carbons (Fsp3) is 0.700. The van der Waals surface area contributed by atoms with E-state index in [1.54, 1.807) is 0 Å². The Morgan fingerprint density at radius 2 is 2.15 bits per heavy atom. The second kappa shape index (κ2) is 4.42. The molecule has 3 heteroatoms. The Balaban J connectivity index is 2.63. The molecule has 1 heterocycles. The molecule has 0 spiro atoms. The molecule has 0 aliphatic heterocycles. The average molecular weight is 181 g/mol. The molecule has 1 atom stereocenters. The SMILES string of the molecule is CC(C)Cn1ccc(C(C)CN)n1. The smallest absolute Gasteiger partial charge is 0.0665 e. The monoisotopic (exact) mass is 181 g/mol. The molecule has 0 fully saturated rings. The molecular weight excluding hydrogens is 162 g/mol. The fourth-order valence-corrected chi connectivity index (χ4v) is 1.24. The molecule has 74 valence electrons. The normalized spacial score (nSPS) is 13.6. The van der Waals surface area contributed by atoms with Crippen LogP contribution in [-0.2, 0) is 6.54 Å². The molecule has 3 nitrogen and oxygen atoms in total. The minimum Gasteiger partial charge on any atom is -0.330 e. The predicted octanol–water partition coefficient (Wildman–Crippen LogP) is 1.60. The molecule has 13 heavy (non-hydrogen) atoms. The summed E-state index contributed by atoms with van der Waals surface area (Å²) in [5.74, 6) is 1.01. The summed E-state index contributed by atoms with van der Waals surface area (Å²) in [6, 6.07) is 2.06. The molecule has 0 aliphatic rings. The van der Waals surface area contributed by atoms with Crippen LogP contribution in [0.4, 0.5) is 0 Å². The van der Waals surface area contributed by atoms with Gasteiger partial charge in [-0.1, -0.05) is 20.8 Å². The van der Waals surface area contributed by atoms with Crippen molar-refractivity contribution < 1.29 is 0 Å². The average Bonchev–Trinajstić information content (AvgIpc) is 2.50. The molecule has 0 saturated carbocycles. The number of rotatable bonds is 4. The number of aromatic nitrogens is 2. The van der Waals surface area contributed by atoms with Gasteiger partial charge in [-0.15, -0.1) is 0 Å². The van der Waals surface area contributed by atoms with Gasteiger partial charge in [-0.25, -0.2) is 0 Å². The van der Waals surface area contributed by atoms with E-state index < -0.39 is 0 Å². The molecule has 1 aromatic heterocycles. The van der Waals surface area contributed by atoms with Gasteiger partial charge in [0.05, 0.1) is 5.69 Å². The summed E-state index contributed by atoms with van der Waals surface area (Å²) < 4.78 is 1.99. The maximum absolute atomic E-state index is 5.57. The highest BCUT2D eigenvalue weighted by Crippen LogP contribution is 2.10. The van der Waals surface area contributed by atoms with Crippen molar-refractivity contribution in [2.24, 2.45) is 11.7 Å². The Hall–Kier alpha value is -0.830. The van der Waals surface area contributed by atoms with Crippen LogP contribution in [0, 0.1) is 5.92 Å². The third-order valence-corrected chi connectivity index (χ3v) is 2.07. The summed E-state index contributed by atoms with van der Waals surface area (Å²) in [5, 5.41) is 4.46. The van der Waals surface area contributed by atoms with Crippen molar-refractivity contribution in [3.05, 3.63) is 18.0 Å². The first kappa shape index (κ1) is 10.3. The summed E-state index contributed by atoms with van der Waals surface area (Å²) in [7, 11) is 0. The van der Waals surface area contributed by atoms with Crippen LogP contribution in [0.5, 0.6) is 0 Å². The minimum atomic E-state index is 0.369. The van der Waals surface area contributed by atoms with E-state index in [0.717, 1.165) is 12.2 Å². The molecule has 0 radical (unpaired) electrons. The number of nitrogens with zero attached hydrogens (tertiary/aromatic N) is 2.